The van der Waals surface area contributed by atoms with E-state index in [1.807, 2.05) is 6.26 Å². The van der Waals surface area contributed by atoms with Gasteiger partial charge in [-0.15, -0.1) is 10.2 Å². The van der Waals surface area contributed by atoms with Crippen LogP contribution in [0.3, 0.4) is 0 Å². The number of aromatic nitrogens is 2. The van der Waals surface area contributed by atoms with Crippen LogP contribution < -0.4 is 5.73 Å². The van der Waals surface area contributed by atoms with Gasteiger partial charge in [-0.05, 0) is 6.26 Å². The van der Waals surface area contributed by atoms with Gasteiger partial charge in [0.25, 0.3) is 5.91 Å². The van der Waals surface area contributed by atoms with Crippen molar-refractivity contribution in [2.75, 3.05) is 6.26 Å². The number of hydrogen-bond donors (Lipinski definition) is 1. The normalized spacial score (nSPS) is 9.70. The zero-order chi connectivity index (χ0) is 7.56. The van der Waals surface area contributed by atoms with Gasteiger partial charge in [0.2, 0.25) is 5.01 Å². The Balaban J connectivity index is 2.88. The van der Waals surface area contributed by atoms with Gasteiger partial charge in [-0.25, -0.2) is 0 Å². The molecule has 0 fully saturated rings. The average molecular weight is 175 g/mol. The molecule has 1 rings (SSSR count). The van der Waals surface area contributed by atoms with Crippen LogP contribution in [-0.2, 0) is 0 Å². The largest absolute Gasteiger partial charge is 0.363 e. The molecule has 1 heterocycles. The minimum absolute atomic E-state index is 0.268. The number of amides is 1. The van der Waals surface area contributed by atoms with Crippen molar-refractivity contribution in [2.24, 2.45) is 5.73 Å². The number of carbonyl (C=O) groups excluding carboxylic acids is 1. The standard InChI is InChI=1S/C4H5N3OS2/c1-9-4-7-6-3(10-4)2(5)8/h1H3,(H2,5,8). The molecule has 0 aliphatic heterocycles. The highest BCUT2D eigenvalue weighted by Crippen LogP contribution is 2.18. The molecule has 0 saturated heterocycles. The second kappa shape index (κ2) is 2.98. The first-order valence-corrected chi connectivity index (χ1v) is 4.45. The number of thioether (sulfide) groups is 1. The summed E-state index contributed by atoms with van der Waals surface area (Å²) in [5.41, 5.74) is 4.94. The highest BCUT2D eigenvalue weighted by molar-refractivity contribution is 8.00. The molecule has 6 heteroatoms. The van der Waals surface area contributed by atoms with E-state index < -0.39 is 5.91 Å². The van der Waals surface area contributed by atoms with Gasteiger partial charge in [-0.2, -0.15) is 0 Å². The Morgan fingerprint density at radius 2 is 2.40 bits per heavy atom. The fourth-order valence-electron chi connectivity index (χ4n) is 0.392. The fourth-order valence-corrected chi connectivity index (χ4v) is 1.51. The molecule has 0 saturated carbocycles. The van der Waals surface area contributed by atoms with Crippen LogP contribution in [0.15, 0.2) is 4.34 Å². The molecular weight excluding hydrogens is 170 g/mol. The lowest BCUT2D eigenvalue weighted by atomic mass is 10.7. The number of carbonyl (C=O) groups is 1. The monoisotopic (exact) mass is 175 g/mol. The zero-order valence-corrected chi connectivity index (χ0v) is 6.83. The van der Waals surface area contributed by atoms with Gasteiger partial charge in [-0.3, -0.25) is 4.79 Å². The van der Waals surface area contributed by atoms with Gasteiger partial charge in [0, 0.05) is 0 Å². The van der Waals surface area contributed by atoms with Gasteiger partial charge < -0.3 is 5.73 Å². The highest BCUT2D eigenvalue weighted by Gasteiger charge is 2.06. The maximum Gasteiger partial charge on any atom is 0.279 e. The predicted octanol–water partition coefficient (Wildman–Crippen LogP) is 0.359. The number of primary amides is 1. The van der Waals surface area contributed by atoms with Crippen LogP contribution in [0.5, 0.6) is 0 Å². The van der Waals surface area contributed by atoms with E-state index in [0.29, 0.717) is 0 Å². The van der Waals surface area contributed by atoms with Gasteiger partial charge in [0.1, 0.15) is 0 Å². The van der Waals surface area contributed by atoms with Crippen LogP contribution in [0.2, 0.25) is 0 Å². The molecule has 4 nitrogen and oxygen atoms in total. The molecule has 0 bridgehead atoms. The first-order valence-electron chi connectivity index (χ1n) is 2.41. The summed E-state index contributed by atoms with van der Waals surface area (Å²) in [5.74, 6) is -0.516. The quantitative estimate of drug-likeness (QED) is 0.659. The van der Waals surface area contributed by atoms with Crippen molar-refractivity contribution in [3.63, 3.8) is 0 Å². The van der Waals surface area contributed by atoms with Gasteiger partial charge in [0.15, 0.2) is 4.34 Å². The van der Waals surface area contributed by atoms with Crippen LogP contribution >= 0.6 is 23.1 Å². The maximum atomic E-state index is 10.5. The predicted molar refractivity (Wildman–Crippen MR) is 40.2 cm³/mol. The van der Waals surface area contributed by atoms with Crippen molar-refractivity contribution in [3.8, 4) is 0 Å². The molecule has 54 valence electrons. The van der Waals surface area contributed by atoms with Gasteiger partial charge >= 0.3 is 0 Å². The van der Waals surface area contributed by atoms with E-state index in [4.69, 9.17) is 5.73 Å². The molecule has 1 aromatic heterocycles. The molecule has 0 aliphatic rings. The Morgan fingerprint density at radius 1 is 1.70 bits per heavy atom. The van der Waals surface area contributed by atoms with Crippen LogP contribution in [0.1, 0.15) is 9.80 Å². The van der Waals surface area contributed by atoms with E-state index in [1.165, 1.54) is 23.1 Å². The minimum Gasteiger partial charge on any atom is -0.363 e. The molecule has 2 N–H and O–H groups in total. The van der Waals surface area contributed by atoms with Crippen molar-refractivity contribution in [1.82, 2.24) is 10.2 Å². The summed E-state index contributed by atoms with van der Waals surface area (Å²) in [6.07, 6.45) is 1.87. The number of nitrogens with zero attached hydrogens (tertiary/aromatic N) is 2. The van der Waals surface area contributed by atoms with Crippen molar-refractivity contribution >= 4 is 29.0 Å². The Labute approximate surface area is 65.8 Å². The van der Waals surface area contributed by atoms with Crippen molar-refractivity contribution in [2.45, 2.75) is 4.34 Å². The summed E-state index contributed by atoms with van der Waals surface area (Å²) in [4.78, 5) is 10.5. The second-order valence-electron chi connectivity index (χ2n) is 1.44. The SMILES string of the molecule is CSc1nnc(C(N)=O)s1. The fraction of sp³-hybridized carbons (Fsp3) is 0.250. The molecule has 10 heavy (non-hydrogen) atoms. The molecule has 0 spiro atoms. The molecular formula is C4H5N3OS2. The van der Waals surface area contributed by atoms with Crippen molar-refractivity contribution < 1.29 is 4.79 Å². The van der Waals surface area contributed by atoms with E-state index in [-0.39, 0.29) is 5.01 Å². The number of rotatable bonds is 2. The van der Waals surface area contributed by atoms with Crippen molar-refractivity contribution in [3.05, 3.63) is 5.01 Å². The Kier molecular flexibility index (Phi) is 2.23. The number of nitrogens with two attached hydrogens (primary N) is 1. The molecule has 1 amide bonds. The highest BCUT2D eigenvalue weighted by atomic mass is 32.2. The summed E-state index contributed by atoms with van der Waals surface area (Å²) in [5, 5.41) is 7.51. The van der Waals surface area contributed by atoms with Crippen LogP contribution in [0.25, 0.3) is 0 Å². The van der Waals surface area contributed by atoms with E-state index >= 15 is 0 Å². The summed E-state index contributed by atoms with van der Waals surface area (Å²) in [7, 11) is 0. The summed E-state index contributed by atoms with van der Waals surface area (Å²) < 4.78 is 0.758. The molecule has 0 aromatic carbocycles. The van der Waals surface area contributed by atoms with E-state index in [2.05, 4.69) is 10.2 Å². The molecule has 0 radical (unpaired) electrons. The van der Waals surface area contributed by atoms with Crippen LogP contribution in [0, 0.1) is 0 Å². The zero-order valence-electron chi connectivity index (χ0n) is 5.20. The minimum atomic E-state index is -0.516. The average Bonchev–Trinajstić information content (AvgIpc) is 2.34. The first-order chi connectivity index (χ1) is 4.74. The second-order valence-corrected chi connectivity index (χ2v) is 3.47. The summed E-state index contributed by atoms with van der Waals surface area (Å²) in [6.45, 7) is 0. The van der Waals surface area contributed by atoms with Crippen molar-refractivity contribution in [1.29, 1.82) is 0 Å². The Hall–Kier alpha value is -0.620. The Morgan fingerprint density at radius 3 is 2.70 bits per heavy atom. The third kappa shape index (κ3) is 1.45. The van der Waals surface area contributed by atoms with E-state index in [9.17, 15) is 4.79 Å². The lowest BCUT2D eigenvalue weighted by Gasteiger charge is -1.79. The summed E-state index contributed by atoms with van der Waals surface area (Å²) in [6, 6.07) is 0. The number of hydrogen-bond acceptors (Lipinski definition) is 5. The van der Waals surface area contributed by atoms with Gasteiger partial charge in [0.05, 0.1) is 0 Å². The first kappa shape index (κ1) is 7.49. The van der Waals surface area contributed by atoms with E-state index in [1.54, 1.807) is 0 Å². The third-order valence-corrected chi connectivity index (χ3v) is 2.71. The van der Waals surface area contributed by atoms with E-state index in [0.717, 1.165) is 4.34 Å². The molecule has 1 aromatic rings. The lowest BCUT2D eigenvalue weighted by Crippen LogP contribution is -2.10. The maximum absolute atomic E-state index is 10.5. The molecule has 0 unspecified atom stereocenters. The molecule has 0 aliphatic carbocycles. The smallest absolute Gasteiger partial charge is 0.279 e. The lowest BCUT2D eigenvalue weighted by molar-refractivity contribution is 0.0999. The third-order valence-electron chi connectivity index (χ3n) is 0.792. The van der Waals surface area contributed by atoms with Crippen LogP contribution in [0.4, 0.5) is 0 Å². The Bertz CT molecular complexity index is 246. The van der Waals surface area contributed by atoms with Gasteiger partial charge in [-0.1, -0.05) is 23.1 Å². The van der Waals surface area contributed by atoms with Crippen LogP contribution in [-0.4, -0.2) is 22.4 Å². The topological polar surface area (TPSA) is 68.9 Å². The molecule has 0 atom stereocenters. The summed E-state index contributed by atoms with van der Waals surface area (Å²) >= 11 is 2.65.